The van der Waals surface area contributed by atoms with Crippen molar-refractivity contribution < 1.29 is 9.13 Å². The summed E-state index contributed by atoms with van der Waals surface area (Å²) in [6.45, 7) is 3.78. The van der Waals surface area contributed by atoms with Gasteiger partial charge in [-0.2, -0.15) is 0 Å². The Kier molecular flexibility index (Phi) is 3.48. The van der Waals surface area contributed by atoms with Crippen LogP contribution in [0.5, 0.6) is 5.75 Å². The minimum absolute atomic E-state index is 0.0523. The summed E-state index contributed by atoms with van der Waals surface area (Å²) in [5.41, 5.74) is 7.20. The van der Waals surface area contributed by atoms with Crippen LogP contribution in [-0.4, -0.2) is 12.1 Å². The molecule has 20 heavy (non-hydrogen) atoms. The number of benzene rings is 1. The number of fused-ring (bicyclic) bond motifs is 2. The molecule has 0 saturated heterocycles. The lowest BCUT2D eigenvalue weighted by molar-refractivity contribution is 0.231. The first-order chi connectivity index (χ1) is 9.52. The van der Waals surface area contributed by atoms with Crippen LogP contribution >= 0.6 is 0 Å². The lowest BCUT2D eigenvalue weighted by atomic mass is 9.95. The third-order valence-corrected chi connectivity index (χ3v) is 4.55. The van der Waals surface area contributed by atoms with Crippen molar-refractivity contribution in [2.75, 3.05) is 11.1 Å². The van der Waals surface area contributed by atoms with E-state index in [-0.39, 0.29) is 11.9 Å². The minimum atomic E-state index is -0.394. The van der Waals surface area contributed by atoms with Crippen LogP contribution in [0.3, 0.4) is 0 Å². The van der Waals surface area contributed by atoms with E-state index in [0.717, 1.165) is 17.5 Å². The lowest BCUT2D eigenvalue weighted by Crippen LogP contribution is -2.26. The van der Waals surface area contributed by atoms with Gasteiger partial charge in [0.25, 0.3) is 0 Å². The number of halogens is 1. The molecule has 1 aromatic carbocycles. The molecule has 2 fully saturated rings. The van der Waals surface area contributed by atoms with Gasteiger partial charge in [-0.05, 0) is 44.9 Å². The van der Waals surface area contributed by atoms with Gasteiger partial charge in [0.05, 0.1) is 17.5 Å². The number of nitrogen functional groups attached to an aromatic ring is 1. The van der Waals surface area contributed by atoms with Gasteiger partial charge in [0.1, 0.15) is 0 Å². The number of rotatable bonds is 4. The van der Waals surface area contributed by atoms with E-state index in [2.05, 4.69) is 5.32 Å². The van der Waals surface area contributed by atoms with E-state index in [1.807, 2.05) is 13.8 Å². The van der Waals surface area contributed by atoms with Crippen molar-refractivity contribution in [3.63, 3.8) is 0 Å². The van der Waals surface area contributed by atoms with Crippen molar-refractivity contribution in [1.82, 2.24) is 0 Å². The zero-order chi connectivity index (χ0) is 14.3. The second kappa shape index (κ2) is 5.15. The van der Waals surface area contributed by atoms with E-state index in [0.29, 0.717) is 11.7 Å². The molecule has 2 aliphatic rings. The Hall–Kier alpha value is -1.45. The van der Waals surface area contributed by atoms with Gasteiger partial charge >= 0.3 is 0 Å². The van der Waals surface area contributed by atoms with Crippen molar-refractivity contribution in [2.45, 2.75) is 51.7 Å². The highest BCUT2D eigenvalue weighted by Gasteiger charge is 2.39. The van der Waals surface area contributed by atoms with Crippen LogP contribution < -0.4 is 15.8 Å². The highest BCUT2D eigenvalue weighted by Crippen LogP contribution is 2.46. The smallest absolute Gasteiger partial charge is 0.167 e. The fourth-order valence-corrected chi connectivity index (χ4v) is 3.66. The summed E-state index contributed by atoms with van der Waals surface area (Å²) >= 11 is 0. The Morgan fingerprint density at radius 3 is 2.70 bits per heavy atom. The van der Waals surface area contributed by atoms with Gasteiger partial charge in [-0.1, -0.05) is 6.42 Å². The summed E-state index contributed by atoms with van der Waals surface area (Å²) in [6, 6.07) is 3.54. The molecule has 0 heterocycles. The molecule has 2 aliphatic carbocycles. The third kappa shape index (κ3) is 2.56. The first-order valence-electron chi connectivity index (χ1n) is 7.55. The predicted octanol–water partition coefficient (Wildman–Crippen LogP) is 3.80. The summed E-state index contributed by atoms with van der Waals surface area (Å²) in [7, 11) is 0. The summed E-state index contributed by atoms with van der Waals surface area (Å²) in [5, 5.41) is 3.51. The molecule has 1 aromatic rings. The molecule has 2 saturated carbocycles. The van der Waals surface area contributed by atoms with E-state index < -0.39 is 5.82 Å². The van der Waals surface area contributed by atoms with Gasteiger partial charge in [-0.25, -0.2) is 4.39 Å². The van der Waals surface area contributed by atoms with Gasteiger partial charge < -0.3 is 15.8 Å². The molecular formula is C16H23FN2O. The van der Waals surface area contributed by atoms with Crippen molar-refractivity contribution in [1.29, 1.82) is 0 Å². The maximum Gasteiger partial charge on any atom is 0.167 e. The molecule has 0 spiro atoms. The topological polar surface area (TPSA) is 47.3 Å². The van der Waals surface area contributed by atoms with E-state index in [4.69, 9.17) is 10.5 Å². The lowest BCUT2D eigenvalue weighted by Gasteiger charge is -2.25. The molecule has 3 unspecified atom stereocenters. The van der Waals surface area contributed by atoms with Gasteiger partial charge in [0.15, 0.2) is 11.6 Å². The number of hydrogen-bond acceptors (Lipinski definition) is 3. The van der Waals surface area contributed by atoms with Gasteiger partial charge in [-0.15, -0.1) is 0 Å². The largest absolute Gasteiger partial charge is 0.488 e. The highest BCUT2D eigenvalue weighted by molar-refractivity contribution is 5.69. The van der Waals surface area contributed by atoms with Crippen molar-refractivity contribution >= 4 is 11.4 Å². The van der Waals surface area contributed by atoms with Crippen molar-refractivity contribution in [3.8, 4) is 5.75 Å². The summed E-state index contributed by atoms with van der Waals surface area (Å²) in [6.07, 6.45) is 5.15. The zero-order valence-electron chi connectivity index (χ0n) is 12.2. The van der Waals surface area contributed by atoms with Crippen molar-refractivity contribution in [3.05, 3.63) is 17.9 Å². The molecule has 0 amide bonds. The Morgan fingerprint density at radius 2 is 2.10 bits per heavy atom. The maximum absolute atomic E-state index is 13.8. The minimum Gasteiger partial charge on any atom is -0.488 e. The number of anilines is 2. The molecule has 0 radical (unpaired) electrons. The third-order valence-electron chi connectivity index (χ3n) is 4.55. The standard InChI is InChI=1S/C16H23FN2O/c1-9(2)20-16-8-15(13(18)7-12(16)17)19-14-6-10-3-4-11(14)5-10/h7-11,14,19H,3-6,18H2,1-2H3. The maximum atomic E-state index is 13.8. The summed E-state index contributed by atoms with van der Waals surface area (Å²) in [5.74, 6) is 1.50. The second-order valence-electron chi connectivity index (χ2n) is 6.46. The summed E-state index contributed by atoms with van der Waals surface area (Å²) < 4.78 is 19.3. The van der Waals surface area contributed by atoms with Gasteiger partial charge in [0.2, 0.25) is 0 Å². The molecule has 0 aliphatic heterocycles. The molecular weight excluding hydrogens is 255 g/mol. The van der Waals surface area contributed by atoms with Gasteiger partial charge in [-0.3, -0.25) is 0 Å². The fraction of sp³-hybridized carbons (Fsp3) is 0.625. The Bertz CT molecular complexity index is 503. The number of nitrogens with two attached hydrogens (primary N) is 1. The normalized spacial score (nSPS) is 28.1. The van der Waals surface area contributed by atoms with Gasteiger partial charge in [0, 0.05) is 18.2 Å². The second-order valence-corrected chi connectivity index (χ2v) is 6.46. The van der Waals surface area contributed by atoms with Crippen molar-refractivity contribution in [2.24, 2.45) is 11.8 Å². The molecule has 110 valence electrons. The van der Waals surface area contributed by atoms with E-state index in [9.17, 15) is 4.39 Å². The first kappa shape index (κ1) is 13.5. The molecule has 0 aromatic heterocycles. The highest BCUT2D eigenvalue weighted by atomic mass is 19.1. The predicted molar refractivity (Wildman–Crippen MR) is 79.4 cm³/mol. The number of ether oxygens (including phenoxy) is 1. The SMILES string of the molecule is CC(C)Oc1cc(NC2CC3CCC2C3)c(N)cc1F. The molecule has 3 N–H and O–H groups in total. The molecule has 3 rings (SSSR count). The average Bonchev–Trinajstić information content (AvgIpc) is 2.96. The van der Waals surface area contributed by atoms with Crippen LogP contribution in [0.25, 0.3) is 0 Å². The quantitative estimate of drug-likeness (QED) is 0.824. The zero-order valence-corrected chi connectivity index (χ0v) is 12.2. The van der Waals surface area contributed by atoms with Crippen LogP contribution in [-0.2, 0) is 0 Å². The van der Waals surface area contributed by atoms with E-state index in [1.165, 1.54) is 31.7 Å². The van der Waals surface area contributed by atoms with Crippen LogP contribution in [0, 0.1) is 17.7 Å². The molecule has 2 bridgehead atoms. The van der Waals surface area contributed by atoms with Crippen LogP contribution in [0.1, 0.15) is 39.5 Å². The summed E-state index contributed by atoms with van der Waals surface area (Å²) in [4.78, 5) is 0. The first-order valence-corrected chi connectivity index (χ1v) is 7.55. The molecule has 3 atom stereocenters. The van der Waals surface area contributed by atoms with E-state index in [1.54, 1.807) is 6.07 Å². The Labute approximate surface area is 119 Å². The number of nitrogens with one attached hydrogen (secondary N) is 1. The van der Waals surface area contributed by atoms with Crippen LogP contribution in [0.4, 0.5) is 15.8 Å². The van der Waals surface area contributed by atoms with Crippen LogP contribution in [0.15, 0.2) is 12.1 Å². The van der Waals surface area contributed by atoms with Crippen LogP contribution in [0.2, 0.25) is 0 Å². The monoisotopic (exact) mass is 278 g/mol. The average molecular weight is 278 g/mol. The molecule has 3 nitrogen and oxygen atoms in total. The Morgan fingerprint density at radius 1 is 1.30 bits per heavy atom. The fourth-order valence-electron chi connectivity index (χ4n) is 3.66. The Balaban J connectivity index is 1.78. The number of hydrogen-bond donors (Lipinski definition) is 2. The van der Waals surface area contributed by atoms with E-state index >= 15 is 0 Å². The molecule has 4 heteroatoms.